The quantitative estimate of drug-likeness (QED) is 0.721. The number of aliphatic hydroxyl groups is 2. The highest BCUT2D eigenvalue weighted by molar-refractivity contribution is 7.99. The molecule has 0 saturated heterocycles. The Bertz CT molecular complexity index is 236. The molecule has 72 valence electrons. The fourth-order valence-electron chi connectivity index (χ4n) is 0.838. The molecular weight excluding hydrogens is 184 g/mol. The molecule has 0 aliphatic carbocycles. The third-order valence-corrected chi connectivity index (χ3v) is 2.83. The Kier molecular flexibility index (Phi) is 4.28. The van der Waals surface area contributed by atoms with E-state index >= 15 is 0 Å². The maximum atomic E-state index is 9.32. The van der Waals surface area contributed by atoms with Crippen molar-refractivity contribution in [3.63, 3.8) is 0 Å². The zero-order chi connectivity index (χ0) is 9.68. The molecule has 0 saturated carbocycles. The summed E-state index contributed by atoms with van der Waals surface area (Å²) in [4.78, 5) is 1.11. The highest BCUT2D eigenvalue weighted by Crippen LogP contribution is 2.18. The molecule has 1 rings (SSSR count). The van der Waals surface area contributed by atoms with Gasteiger partial charge < -0.3 is 10.2 Å². The molecule has 0 aromatic heterocycles. The van der Waals surface area contributed by atoms with Crippen molar-refractivity contribution >= 4 is 11.8 Å². The standard InChI is InChI=1S/C10H14O2S/c1-8(11)10(12)7-13-9-5-3-2-4-6-9/h2-6,8,10-12H,7H2,1H3/t8-,10+/m1/s1. The Morgan fingerprint density at radius 2 is 1.85 bits per heavy atom. The van der Waals surface area contributed by atoms with Gasteiger partial charge in [-0.25, -0.2) is 0 Å². The molecule has 2 N–H and O–H groups in total. The first kappa shape index (κ1) is 10.6. The molecule has 0 radical (unpaired) electrons. The molecule has 1 aromatic carbocycles. The van der Waals surface area contributed by atoms with Crippen LogP contribution >= 0.6 is 11.8 Å². The van der Waals surface area contributed by atoms with Crippen molar-refractivity contribution in [1.29, 1.82) is 0 Å². The van der Waals surface area contributed by atoms with Crippen molar-refractivity contribution in [1.82, 2.24) is 0 Å². The molecular formula is C10H14O2S. The van der Waals surface area contributed by atoms with Crippen LogP contribution < -0.4 is 0 Å². The molecule has 0 unspecified atom stereocenters. The van der Waals surface area contributed by atoms with Crippen LogP contribution in [0.5, 0.6) is 0 Å². The third kappa shape index (κ3) is 3.81. The van der Waals surface area contributed by atoms with E-state index in [4.69, 9.17) is 5.11 Å². The van der Waals surface area contributed by atoms with Gasteiger partial charge in [-0.05, 0) is 19.1 Å². The van der Waals surface area contributed by atoms with Gasteiger partial charge in [0.15, 0.2) is 0 Å². The summed E-state index contributed by atoms with van der Waals surface area (Å²) in [5.41, 5.74) is 0. The van der Waals surface area contributed by atoms with E-state index in [0.29, 0.717) is 5.75 Å². The number of hydrogen-bond acceptors (Lipinski definition) is 3. The van der Waals surface area contributed by atoms with E-state index in [1.807, 2.05) is 30.3 Å². The van der Waals surface area contributed by atoms with Crippen LogP contribution in [0, 0.1) is 0 Å². The second-order valence-electron chi connectivity index (χ2n) is 2.93. The topological polar surface area (TPSA) is 40.5 Å². The fourth-order valence-corrected chi connectivity index (χ4v) is 1.83. The maximum absolute atomic E-state index is 9.32. The maximum Gasteiger partial charge on any atom is 0.0889 e. The molecule has 3 heteroatoms. The SMILES string of the molecule is C[C@@H](O)[C@@H](O)CSc1ccccc1. The number of rotatable bonds is 4. The van der Waals surface area contributed by atoms with E-state index in [0.717, 1.165) is 4.90 Å². The summed E-state index contributed by atoms with van der Waals surface area (Å²) in [5, 5.41) is 18.4. The fraction of sp³-hybridized carbons (Fsp3) is 0.400. The monoisotopic (exact) mass is 198 g/mol. The van der Waals surface area contributed by atoms with Crippen molar-refractivity contribution in [2.75, 3.05) is 5.75 Å². The van der Waals surface area contributed by atoms with Crippen LogP contribution in [0.4, 0.5) is 0 Å². The van der Waals surface area contributed by atoms with E-state index in [1.165, 1.54) is 0 Å². The molecule has 0 heterocycles. The van der Waals surface area contributed by atoms with Crippen LogP contribution in [0.3, 0.4) is 0 Å². The van der Waals surface area contributed by atoms with Gasteiger partial charge in [-0.15, -0.1) is 11.8 Å². The second-order valence-corrected chi connectivity index (χ2v) is 4.03. The summed E-state index contributed by atoms with van der Waals surface area (Å²) in [5.74, 6) is 0.529. The minimum absolute atomic E-state index is 0.529. The Labute approximate surface area is 82.6 Å². The predicted molar refractivity (Wildman–Crippen MR) is 54.9 cm³/mol. The van der Waals surface area contributed by atoms with Crippen molar-refractivity contribution < 1.29 is 10.2 Å². The van der Waals surface area contributed by atoms with Gasteiger partial charge >= 0.3 is 0 Å². The minimum Gasteiger partial charge on any atom is -0.391 e. The van der Waals surface area contributed by atoms with Crippen molar-refractivity contribution in [2.45, 2.75) is 24.0 Å². The largest absolute Gasteiger partial charge is 0.391 e. The Morgan fingerprint density at radius 1 is 1.23 bits per heavy atom. The van der Waals surface area contributed by atoms with Crippen molar-refractivity contribution in [2.24, 2.45) is 0 Å². The summed E-state index contributed by atoms with van der Waals surface area (Å²) in [6.45, 7) is 1.59. The minimum atomic E-state index is -0.656. The molecule has 0 aliphatic rings. The summed E-state index contributed by atoms with van der Waals surface area (Å²) in [6, 6.07) is 9.84. The molecule has 2 nitrogen and oxygen atoms in total. The van der Waals surface area contributed by atoms with E-state index < -0.39 is 12.2 Å². The number of thioether (sulfide) groups is 1. The van der Waals surface area contributed by atoms with Crippen LogP contribution in [-0.2, 0) is 0 Å². The number of hydrogen-bond donors (Lipinski definition) is 2. The highest BCUT2D eigenvalue weighted by Gasteiger charge is 2.10. The van der Waals surface area contributed by atoms with Gasteiger partial charge in [-0.2, -0.15) is 0 Å². The first-order valence-electron chi connectivity index (χ1n) is 4.24. The zero-order valence-corrected chi connectivity index (χ0v) is 8.37. The Morgan fingerprint density at radius 3 is 2.38 bits per heavy atom. The average Bonchev–Trinajstić information content (AvgIpc) is 2.15. The van der Waals surface area contributed by atoms with Crippen molar-refractivity contribution in [3.8, 4) is 0 Å². The molecule has 0 aliphatic heterocycles. The average molecular weight is 198 g/mol. The Balaban J connectivity index is 2.35. The normalized spacial score (nSPS) is 15.3. The summed E-state index contributed by atoms with van der Waals surface area (Å²) >= 11 is 1.55. The second kappa shape index (κ2) is 5.27. The smallest absolute Gasteiger partial charge is 0.0889 e. The molecule has 0 amide bonds. The predicted octanol–water partition coefficient (Wildman–Crippen LogP) is 1.52. The van der Waals surface area contributed by atoms with E-state index in [1.54, 1.807) is 18.7 Å². The molecule has 0 bridgehead atoms. The van der Waals surface area contributed by atoms with Crippen LogP contribution in [-0.4, -0.2) is 28.2 Å². The lowest BCUT2D eigenvalue weighted by Gasteiger charge is -2.12. The van der Waals surface area contributed by atoms with Crippen LogP contribution in [0.1, 0.15) is 6.92 Å². The first-order chi connectivity index (χ1) is 6.20. The number of benzene rings is 1. The zero-order valence-electron chi connectivity index (χ0n) is 7.55. The van der Waals surface area contributed by atoms with Gasteiger partial charge in [-0.1, -0.05) is 18.2 Å². The summed E-state index contributed by atoms with van der Waals surface area (Å²) in [7, 11) is 0. The lowest BCUT2D eigenvalue weighted by Crippen LogP contribution is -2.24. The van der Waals surface area contributed by atoms with Gasteiger partial charge in [-0.3, -0.25) is 0 Å². The van der Waals surface area contributed by atoms with Crippen LogP contribution in [0.15, 0.2) is 35.2 Å². The third-order valence-electron chi connectivity index (χ3n) is 1.72. The molecule has 0 fully saturated rings. The van der Waals surface area contributed by atoms with Gasteiger partial charge in [0.05, 0.1) is 12.2 Å². The molecule has 0 spiro atoms. The van der Waals surface area contributed by atoms with Gasteiger partial charge in [0.1, 0.15) is 0 Å². The lowest BCUT2D eigenvalue weighted by molar-refractivity contribution is 0.0469. The lowest BCUT2D eigenvalue weighted by atomic mass is 10.3. The summed E-state index contributed by atoms with van der Waals surface area (Å²) < 4.78 is 0. The molecule has 13 heavy (non-hydrogen) atoms. The Hall–Kier alpha value is -0.510. The van der Waals surface area contributed by atoms with Gasteiger partial charge in [0, 0.05) is 10.6 Å². The number of aliphatic hydroxyl groups excluding tert-OH is 2. The van der Waals surface area contributed by atoms with Crippen molar-refractivity contribution in [3.05, 3.63) is 30.3 Å². The molecule has 2 atom stereocenters. The van der Waals surface area contributed by atoms with E-state index in [9.17, 15) is 5.11 Å². The van der Waals surface area contributed by atoms with Gasteiger partial charge in [0.25, 0.3) is 0 Å². The highest BCUT2D eigenvalue weighted by atomic mass is 32.2. The van der Waals surface area contributed by atoms with E-state index in [2.05, 4.69) is 0 Å². The van der Waals surface area contributed by atoms with Gasteiger partial charge in [0.2, 0.25) is 0 Å². The first-order valence-corrected chi connectivity index (χ1v) is 5.22. The summed E-state index contributed by atoms with van der Waals surface area (Å²) in [6.07, 6.45) is -1.30. The van der Waals surface area contributed by atoms with Crippen LogP contribution in [0.25, 0.3) is 0 Å². The van der Waals surface area contributed by atoms with Crippen LogP contribution in [0.2, 0.25) is 0 Å². The molecule has 1 aromatic rings. The van der Waals surface area contributed by atoms with E-state index in [-0.39, 0.29) is 0 Å².